The minimum Gasteiger partial charge on any atom is -0.388 e. The Kier molecular flexibility index (Phi) is 2.52. The van der Waals surface area contributed by atoms with Crippen molar-refractivity contribution in [1.29, 1.82) is 0 Å². The molecule has 0 bridgehead atoms. The molecular weight excluding hydrogens is 198 g/mol. The van der Waals surface area contributed by atoms with Crippen LogP contribution in [0, 0.1) is 0 Å². The molecule has 0 aromatic heterocycles. The summed E-state index contributed by atoms with van der Waals surface area (Å²) in [6.07, 6.45) is 0. The van der Waals surface area contributed by atoms with Crippen LogP contribution in [-0.4, -0.2) is 28.7 Å². The molecule has 0 unspecified atom stereocenters. The van der Waals surface area contributed by atoms with Gasteiger partial charge in [0.1, 0.15) is 0 Å². The lowest BCUT2D eigenvalue weighted by Crippen LogP contribution is -2.59. The molecular formula is C11H14ClNO. The topological polar surface area (TPSA) is 23.5 Å². The Balaban J connectivity index is 1.93. The lowest BCUT2D eigenvalue weighted by Gasteiger charge is -2.44. The van der Waals surface area contributed by atoms with Gasteiger partial charge in [-0.15, -0.1) is 0 Å². The van der Waals surface area contributed by atoms with Crippen molar-refractivity contribution < 1.29 is 5.11 Å². The van der Waals surface area contributed by atoms with Crippen molar-refractivity contribution in [2.24, 2.45) is 0 Å². The van der Waals surface area contributed by atoms with E-state index in [0.717, 1.165) is 24.7 Å². The van der Waals surface area contributed by atoms with E-state index in [1.165, 1.54) is 5.56 Å². The van der Waals surface area contributed by atoms with E-state index in [9.17, 15) is 5.11 Å². The third-order valence-corrected chi connectivity index (χ3v) is 2.66. The Bertz CT molecular complexity index is 330. The largest absolute Gasteiger partial charge is 0.388 e. The first kappa shape index (κ1) is 9.97. The average Bonchev–Trinajstić information content (AvgIpc) is 2.00. The zero-order valence-corrected chi connectivity index (χ0v) is 8.96. The monoisotopic (exact) mass is 211 g/mol. The van der Waals surface area contributed by atoms with Crippen LogP contribution in [0.1, 0.15) is 12.5 Å². The molecule has 0 amide bonds. The Hall–Kier alpha value is -0.570. The van der Waals surface area contributed by atoms with Crippen LogP contribution in [0.5, 0.6) is 0 Å². The molecule has 0 atom stereocenters. The van der Waals surface area contributed by atoms with Gasteiger partial charge in [0.2, 0.25) is 0 Å². The predicted molar refractivity (Wildman–Crippen MR) is 57.4 cm³/mol. The SMILES string of the molecule is CC1(O)CN(Cc2cccc(Cl)c2)C1. The van der Waals surface area contributed by atoms with Gasteiger partial charge in [-0.1, -0.05) is 23.7 Å². The van der Waals surface area contributed by atoms with E-state index in [1.54, 1.807) is 0 Å². The fourth-order valence-corrected chi connectivity index (χ4v) is 2.14. The molecule has 1 aliphatic rings. The summed E-state index contributed by atoms with van der Waals surface area (Å²) in [5.74, 6) is 0. The molecule has 2 rings (SSSR count). The Morgan fingerprint density at radius 1 is 1.50 bits per heavy atom. The highest BCUT2D eigenvalue weighted by atomic mass is 35.5. The number of nitrogens with zero attached hydrogens (tertiary/aromatic N) is 1. The van der Waals surface area contributed by atoms with Crippen molar-refractivity contribution >= 4 is 11.6 Å². The van der Waals surface area contributed by atoms with Crippen molar-refractivity contribution in [3.8, 4) is 0 Å². The number of hydrogen-bond donors (Lipinski definition) is 1. The molecule has 0 spiro atoms. The zero-order chi connectivity index (χ0) is 10.2. The van der Waals surface area contributed by atoms with Crippen LogP contribution in [0.4, 0.5) is 0 Å². The zero-order valence-electron chi connectivity index (χ0n) is 8.20. The van der Waals surface area contributed by atoms with Gasteiger partial charge < -0.3 is 5.11 Å². The number of aliphatic hydroxyl groups is 1. The van der Waals surface area contributed by atoms with Gasteiger partial charge in [0.15, 0.2) is 0 Å². The van der Waals surface area contributed by atoms with E-state index >= 15 is 0 Å². The lowest BCUT2D eigenvalue weighted by atomic mass is 9.96. The first-order chi connectivity index (χ1) is 6.55. The average molecular weight is 212 g/mol. The first-order valence-corrected chi connectivity index (χ1v) is 5.12. The van der Waals surface area contributed by atoms with Crippen LogP contribution in [0.25, 0.3) is 0 Å². The summed E-state index contributed by atoms with van der Waals surface area (Å²) in [4.78, 5) is 2.20. The first-order valence-electron chi connectivity index (χ1n) is 4.74. The second-order valence-electron chi connectivity index (χ2n) is 4.27. The highest BCUT2D eigenvalue weighted by Crippen LogP contribution is 2.22. The van der Waals surface area contributed by atoms with E-state index < -0.39 is 5.60 Å². The summed E-state index contributed by atoms with van der Waals surface area (Å²) in [5.41, 5.74) is 0.714. The van der Waals surface area contributed by atoms with Crippen molar-refractivity contribution in [3.05, 3.63) is 34.9 Å². The molecule has 2 nitrogen and oxygen atoms in total. The summed E-state index contributed by atoms with van der Waals surface area (Å²) >= 11 is 5.88. The second kappa shape index (κ2) is 3.54. The van der Waals surface area contributed by atoms with Crippen LogP contribution in [0.15, 0.2) is 24.3 Å². The van der Waals surface area contributed by atoms with E-state index in [4.69, 9.17) is 11.6 Å². The van der Waals surface area contributed by atoms with Crippen LogP contribution in [-0.2, 0) is 6.54 Å². The fraction of sp³-hybridized carbons (Fsp3) is 0.455. The molecule has 76 valence electrons. The minimum atomic E-state index is -0.488. The van der Waals surface area contributed by atoms with Gasteiger partial charge in [-0.2, -0.15) is 0 Å². The molecule has 1 heterocycles. The van der Waals surface area contributed by atoms with Gasteiger partial charge in [0, 0.05) is 24.7 Å². The van der Waals surface area contributed by atoms with E-state index in [1.807, 2.05) is 25.1 Å². The molecule has 1 N–H and O–H groups in total. The number of rotatable bonds is 2. The van der Waals surface area contributed by atoms with Crippen molar-refractivity contribution in [1.82, 2.24) is 4.90 Å². The van der Waals surface area contributed by atoms with Crippen LogP contribution >= 0.6 is 11.6 Å². The molecule has 1 aromatic carbocycles. The van der Waals surface area contributed by atoms with Gasteiger partial charge in [-0.25, -0.2) is 0 Å². The second-order valence-corrected chi connectivity index (χ2v) is 4.71. The molecule has 0 radical (unpaired) electrons. The molecule has 14 heavy (non-hydrogen) atoms. The van der Waals surface area contributed by atoms with Crippen LogP contribution < -0.4 is 0 Å². The Morgan fingerprint density at radius 3 is 2.79 bits per heavy atom. The van der Waals surface area contributed by atoms with Gasteiger partial charge in [0.25, 0.3) is 0 Å². The lowest BCUT2D eigenvalue weighted by molar-refractivity contribution is -0.0871. The molecule has 1 aliphatic heterocycles. The fourth-order valence-electron chi connectivity index (χ4n) is 1.92. The van der Waals surface area contributed by atoms with E-state index in [-0.39, 0.29) is 0 Å². The normalized spacial score (nSPS) is 20.5. The number of likely N-dealkylation sites (tertiary alicyclic amines) is 1. The quantitative estimate of drug-likeness (QED) is 0.808. The number of halogens is 1. The predicted octanol–water partition coefficient (Wildman–Crippen LogP) is 1.91. The summed E-state index contributed by atoms with van der Waals surface area (Å²) < 4.78 is 0. The third kappa shape index (κ3) is 2.27. The standard InChI is InChI=1S/C11H14ClNO/c1-11(14)7-13(8-11)6-9-3-2-4-10(12)5-9/h2-5,14H,6-8H2,1H3. The Labute approximate surface area is 89.1 Å². The van der Waals surface area contributed by atoms with Crippen LogP contribution in [0.3, 0.4) is 0 Å². The van der Waals surface area contributed by atoms with Gasteiger partial charge in [-0.05, 0) is 24.6 Å². The number of hydrogen-bond acceptors (Lipinski definition) is 2. The summed E-state index contributed by atoms with van der Waals surface area (Å²) in [6.45, 7) is 4.23. The van der Waals surface area contributed by atoms with Gasteiger partial charge in [-0.3, -0.25) is 4.90 Å². The van der Waals surface area contributed by atoms with E-state index in [2.05, 4.69) is 11.0 Å². The molecule has 1 saturated heterocycles. The number of benzene rings is 1. The van der Waals surface area contributed by atoms with Gasteiger partial charge in [0.05, 0.1) is 5.60 Å². The Morgan fingerprint density at radius 2 is 2.21 bits per heavy atom. The molecule has 0 aliphatic carbocycles. The van der Waals surface area contributed by atoms with Crippen molar-refractivity contribution in [2.75, 3.05) is 13.1 Å². The minimum absolute atomic E-state index is 0.488. The highest BCUT2D eigenvalue weighted by molar-refractivity contribution is 6.30. The molecule has 3 heteroatoms. The van der Waals surface area contributed by atoms with Crippen molar-refractivity contribution in [2.45, 2.75) is 19.1 Å². The summed E-state index contributed by atoms with van der Waals surface area (Å²) in [6, 6.07) is 7.85. The maximum Gasteiger partial charge on any atom is 0.0872 e. The highest BCUT2D eigenvalue weighted by Gasteiger charge is 2.35. The molecule has 1 aromatic rings. The maximum atomic E-state index is 9.55. The van der Waals surface area contributed by atoms with E-state index in [0.29, 0.717) is 0 Å². The smallest absolute Gasteiger partial charge is 0.0872 e. The molecule has 1 fully saturated rings. The van der Waals surface area contributed by atoms with Crippen LogP contribution in [0.2, 0.25) is 5.02 Å². The summed E-state index contributed by atoms with van der Waals surface area (Å²) in [7, 11) is 0. The van der Waals surface area contributed by atoms with Gasteiger partial charge >= 0.3 is 0 Å². The summed E-state index contributed by atoms with van der Waals surface area (Å²) in [5, 5.41) is 10.3. The molecule has 0 saturated carbocycles. The maximum absolute atomic E-state index is 9.55. The number of β-amino-alcohol motifs (C(OH)–C–C–N with tert-alkyl or cyclic N) is 1. The van der Waals surface area contributed by atoms with Crippen molar-refractivity contribution in [3.63, 3.8) is 0 Å². The third-order valence-electron chi connectivity index (χ3n) is 2.42.